The summed E-state index contributed by atoms with van der Waals surface area (Å²) in [4.78, 5) is 36.1. The lowest BCUT2D eigenvalue weighted by Gasteiger charge is -2.11. The maximum absolute atomic E-state index is 13.2. The lowest BCUT2D eigenvalue weighted by molar-refractivity contribution is -0.110. The lowest BCUT2D eigenvalue weighted by Crippen LogP contribution is -2.25. The normalized spacial score (nSPS) is 16.1. The molecule has 1 amide bonds. The van der Waals surface area contributed by atoms with Gasteiger partial charge in [0, 0.05) is 23.7 Å². The van der Waals surface area contributed by atoms with Gasteiger partial charge in [-0.15, -0.1) is 11.3 Å². The van der Waals surface area contributed by atoms with Crippen molar-refractivity contribution in [3.8, 4) is 5.88 Å². The van der Waals surface area contributed by atoms with Gasteiger partial charge in [-0.1, -0.05) is 28.6 Å². The first-order valence-corrected chi connectivity index (χ1v) is 14.2. The molecule has 0 bridgehead atoms. The summed E-state index contributed by atoms with van der Waals surface area (Å²) in [5.41, 5.74) is 0.643. The molecule has 1 aromatic carbocycles. The van der Waals surface area contributed by atoms with Crippen LogP contribution in [0.5, 0.6) is 5.88 Å². The zero-order valence-corrected chi connectivity index (χ0v) is 21.8. The van der Waals surface area contributed by atoms with Crippen molar-refractivity contribution in [2.24, 2.45) is 5.16 Å². The van der Waals surface area contributed by atoms with E-state index in [2.05, 4.69) is 30.4 Å². The molecule has 12 nitrogen and oxygen atoms in total. The summed E-state index contributed by atoms with van der Waals surface area (Å²) < 4.78 is 36.1. The van der Waals surface area contributed by atoms with Crippen molar-refractivity contribution in [1.29, 1.82) is 0 Å². The van der Waals surface area contributed by atoms with Crippen molar-refractivity contribution >= 4 is 59.7 Å². The standard InChI is InChI=1S/C22H20N6O6S3/c1-32-16-10-24-19-21(25-16)36-22(26-19)27-20(29)18(28-34-12-17-23-7-9-35-17)13-2-4-14(5-3-13)37(30,31)15-6-8-33-11-15/h2-5,7,9-10,15H,6,8,11-12H2,1H3,(H,24,26,27,29)/b28-18+/t15-/m0/s1. The molecule has 0 saturated carbocycles. The summed E-state index contributed by atoms with van der Waals surface area (Å²) in [6, 6.07) is 5.93. The predicted octanol–water partition coefficient (Wildman–Crippen LogP) is 2.67. The summed E-state index contributed by atoms with van der Waals surface area (Å²) in [6.07, 6.45) is 3.52. The van der Waals surface area contributed by atoms with Gasteiger partial charge in [0.1, 0.15) is 5.01 Å². The van der Waals surface area contributed by atoms with E-state index >= 15 is 0 Å². The minimum atomic E-state index is -3.55. The Labute approximate surface area is 219 Å². The van der Waals surface area contributed by atoms with Gasteiger partial charge in [-0.25, -0.2) is 18.4 Å². The molecule has 1 atom stereocenters. The molecule has 0 radical (unpaired) electrons. The molecule has 5 rings (SSSR count). The number of rotatable bonds is 9. The van der Waals surface area contributed by atoms with E-state index in [1.165, 1.54) is 48.9 Å². The van der Waals surface area contributed by atoms with Crippen molar-refractivity contribution < 1.29 is 27.5 Å². The SMILES string of the molecule is COc1cnc2nc(NC(=O)/C(=N/OCc3nccs3)c3ccc(S(=O)(=O)[C@H]4CCOC4)cc3)sc2n1. The first-order chi connectivity index (χ1) is 17.9. The minimum absolute atomic E-state index is 0.0668. The molecule has 4 heterocycles. The summed E-state index contributed by atoms with van der Waals surface area (Å²) in [5.74, 6) is -0.281. The number of benzene rings is 1. The summed E-state index contributed by atoms with van der Waals surface area (Å²) in [6.45, 7) is 0.651. The number of methoxy groups -OCH3 is 1. The number of hydrogen-bond donors (Lipinski definition) is 1. The number of hydrogen-bond acceptors (Lipinski definition) is 13. The molecule has 0 spiro atoms. The van der Waals surface area contributed by atoms with Gasteiger partial charge in [0.05, 0.1) is 30.1 Å². The Kier molecular flexibility index (Phi) is 7.36. The quantitative estimate of drug-likeness (QED) is 0.239. The van der Waals surface area contributed by atoms with Gasteiger partial charge in [0.2, 0.25) is 5.88 Å². The van der Waals surface area contributed by atoms with Crippen LogP contribution in [-0.4, -0.2) is 65.5 Å². The van der Waals surface area contributed by atoms with Gasteiger partial charge in [-0.2, -0.15) is 9.97 Å². The highest BCUT2D eigenvalue weighted by atomic mass is 32.2. The Morgan fingerprint density at radius 2 is 2.08 bits per heavy atom. The van der Waals surface area contributed by atoms with Crippen LogP contribution in [0.25, 0.3) is 10.5 Å². The monoisotopic (exact) mass is 560 g/mol. The first kappa shape index (κ1) is 25.1. The number of nitrogens with zero attached hydrogens (tertiary/aromatic N) is 5. The Morgan fingerprint density at radius 3 is 2.78 bits per heavy atom. The number of sulfone groups is 1. The van der Waals surface area contributed by atoms with Crippen molar-refractivity contribution in [3.63, 3.8) is 0 Å². The third-order valence-electron chi connectivity index (χ3n) is 5.36. The fourth-order valence-corrected chi connectivity index (χ4v) is 6.36. The minimum Gasteiger partial charge on any atom is -0.480 e. The summed E-state index contributed by atoms with van der Waals surface area (Å²) in [7, 11) is -2.07. The predicted molar refractivity (Wildman–Crippen MR) is 137 cm³/mol. The Balaban J connectivity index is 1.40. The van der Waals surface area contributed by atoms with Crippen molar-refractivity contribution in [3.05, 3.63) is 52.6 Å². The molecule has 15 heteroatoms. The number of anilines is 1. The third kappa shape index (κ3) is 5.58. The maximum atomic E-state index is 13.2. The van der Waals surface area contributed by atoms with E-state index in [9.17, 15) is 13.2 Å². The maximum Gasteiger partial charge on any atom is 0.280 e. The Bertz CT molecular complexity index is 1530. The molecule has 1 fully saturated rings. The van der Waals surface area contributed by atoms with Gasteiger partial charge in [0.25, 0.3) is 5.91 Å². The first-order valence-electron chi connectivity index (χ1n) is 10.9. The Hall–Kier alpha value is -3.53. The van der Waals surface area contributed by atoms with E-state index in [4.69, 9.17) is 14.3 Å². The molecular formula is C22H20N6O6S3. The average molecular weight is 561 g/mol. The van der Waals surface area contributed by atoms with E-state index < -0.39 is 21.0 Å². The average Bonchev–Trinajstić information content (AvgIpc) is 3.68. The molecule has 1 aliphatic rings. The number of fused-ring (bicyclic) bond motifs is 1. The van der Waals surface area contributed by atoms with Crippen LogP contribution in [-0.2, 0) is 30.8 Å². The van der Waals surface area contributed by atoms with Crippen LogP contribution in [0.4, 0.5) is 5.13 Å². The molecule has 3 aromatic heterocycles. The highest BCUT2D eigenvalue weighted by Gasteiger charge is 2.31. The molecule has 192 valence electrons. The van der Waals surface area contributed by atoms with Gasteiger partial charge in [0.15, 0.2) is 37.8 Å². The molecule has 1 saturated heterocycles. The van der Waals surface area contributed by atoms with Crippen LogP contribution in [0, 0.1) is 0 Å². The number of nitrogens with one attached hydrogen (secondary N) is 1. The largest absolute Gasteiger partial charge is 0.480 e. The number of oxime groups is 1. The number of aromatic nitrogens is 4. The molecular weight excluding hydrogens is 540 g/mol. The fraction of sp³-hybridized carbons (Fsp3) is 0.273. The van der Waals surface area contributed by atoms with Gasteiger partial charge in [-0.05, 0) is 18.6 Å². The second-order valence-corrected chi connectivity index (χ2v) is 11.9. The van der Waals surface area contributed by atoms with Crippen LogP contribution in [0.2, 0.25) is 0 Å². The molecule has 0 unspecified atom stereocenters. The fourth-order valence-electron chi connectivity index (χ4n) is 3.47. The lowest BCUT2D eigenvalue weighted by atomic mass is 10.1. The van der Waals surface area contributed by atoms with Crippen LogP contribution >= 0.6 is 22.7 Å². The number of thiazole rings is 2. The van der Waals surface area contributed by atoms with E-state index in [0.29, 0.717) is 40.0 Å². The summed E-state index contributed by atoms with van der Waals surface area (Å²) in [5, 5.41) is 8.88. The van der Waals surface area contributed by atoms with Crippen molar-refractivity contribution in [2.75, 3.05) is 25.6 Å². The van der Waals surface area contributed by atoms with E-state index in [-0.39, 0.29) is 29.0 Å². The van der Waals surface area contributed by atoms with E-state index in [1.54, 1.807) is 11.6 Å². The zero-order chi connectivity index (χ0) is 25.8. The second-order valence-electron chi connectivity index (χ2n) is 7.71. The van der Waals surface area contributed by atoms with Crippen LogP contribution in [0.3, 0.4) is 0 Å². The number of carbonyl (C=O) groups is 1. The van der Waals surface area contributed by atoms with Crippen molar-refractivity contribution in [2.45, 2.75) is 23.2 Å². The van der Waals surface area contributed by atoms with E-state index in [0.717, 1.165) is 11.3 Å². The molecule has 37 heavy (non-hydrogen) atoms. The zero-order valence-electron chi connectivity index (χ0n) is 19.4. The topological polar surface area (TPSA) is 155 Å². The third-order valence-corrected chi connectivity index (χ3v) is 9.14. The number of amides is 1. The molecule has 0 aliphatic carbocycles. The Morgan fingerprint density at radius 1 is 1.24 bits per heavy atom. The second kappa shape index (κ2) is 10.8. The van der Waals surface area contributed by atoms with Crippen LogP contribution in [0.15, 0.2) is 52.1 Å². The molecule has 4 aromatic rings. The molecule has 1 N–H and O–H groups in total. The number of ether oxygens (including phenoxy) is 2. The van der Waals surface area contributed by atoms with Gasteiger partial charge in [-0.3, -0.25) is 10.1 Å². The van der Waals surface area contributed by atoms with Crippen LogP contribution in [0.1, 0.15) is 17.0 Å². The smallest absolute Gasteiger partial charge is 0.280 e. The van der Waals surface area contributed by atoms with Crippen molar-refractivity contribution in [1.82, 2.24) is 19.9 Å². The van der Waals surface area contributed by atoms with E-state index in [1.807, 2.05) is 0 Å². The van der Waals surface area contributed by atoms with Crippen LogP contribution < -0.4 is 10.1 Å². The highest BCUT2D eigenvalue weighted by molar-refractivity contribution is 7.92. The summed E-state index contributed by atoms with van der Waals surface area (Å²) >= 11 is 2.51. The number of carbonyl (C=O) groups excluding carboxylic acids is 1. The van der Waals surface area contributed by atoms with Gasteiger partial charge < -0.3 is 14.3 Å². The van der Waals surface area contributed by atoms with Gasteiger partial charge >= 0.3 is 0 Å². The highest BCUT2D eigenvalue weighted by Crippen LogP contribution is 2.26. The molecule has 1 aliphatic heterocycles.